The Bertz CT molecular complexity index is 825. The quantitative estimate of drug-likeness (QED) is 0.836. The Morgan fingerprint density at radius 2 is 1.69 bits per heavy atom. The van der Waals surface area contributed by atoms with Gasteiger partial charge in [0.1, 0.15) is 0 Å². The van der Waals surface area contributed by atoms with E-state index in [1.165, 1.54) is 4.90 Å². The van der Waals surface area contributed by atoms with Crippen molar-refractivity contribution in [2.75, 3.05) is 5.32 Å². The van der Waals surface area contributed by atoms with Crippen LogP contribution >= 0.6 is 0 Å². The number of nitrogens with zero attached hydrogens (tertiary/aromatic N) is 1. The van der Waals surface area contributed by atoms with Crippen molar-refractivity contribution in [3.05, 3.63) is 65.2 Å². The van der Waals surface area contributed by atoms with Crippen molar-refractivity contribution in [1.82, 2.24) is 4.90 Å². The predicted octanol–water partition coefficient (Wildman–Crippen LogP) is 3.71. The number of benzene rings is 2. The molecule has 0 aliphatic carbocycles. The molecule has 1 fully saturated rings. The molecule has 3 amide bonds. The average molecular weight is 350 g/mol. The fourth-order valence-electron chi connectivity index (χ4n) is 2.92. The maximum Gasteiger partial charge on any atom is 0.255 e. The summed E-state index contributed by atoms with van der Waals surface area (Å²) in [5.41, 5.74) is 3.28. The second-order valence-electron chi connectivity index (χ2n) is 6.80. The van der Waals surface area contributed by atoms with Gasteiger partial charge in [-0.1, -0.05) is 38.1 Å². The zero-order chi connectivity index (χ0) is 18.7. The number of nitrogens with one attached hydrogen (secondary N) is 1. The first-order chi connectivity index (χ1) is 12.4. The lowest BCUT2D eigenvalue weighted by Crippen LogP contribution is -2.28. The van der Waals surface area contributed by atoms with E-state index in [1.54, 1.807) is 24.3 Å². The summed E-state index contributed by atoms with van der Waals surface area (Å²) in [5, 5.41) is 2.90. The number of hydrogen-bond acceptors (Lipinski definition) is 3. The summed E-state index contributed by atoms with van der Waals surface area (Å²) in [5.74, 6) is -0.0726. The molecule has 2 aromatic rings. The maximum absolute atomic E-state index is 12.4. The maximum atomic E-state index is 12.4. The van der Waals surface area contributed by atoms with Crippen LogP contribution in [-0.2, 0) is 16.1 Å². The molecule has 26 heavy (non-hydrogen) atoms. The fourth-order valence-corrected chi connectivity index (χ4v) is 2.92. The topological polar surface area (TPSA) is 66.5 Å². The third-order valence-electron chi connectivity index (χ3n) is 4.52. The van der Waals surface area contributed by atoms with Crippen molar-refractivity contribution in [2.45, 2.75) is 39.2 Å². The second-order valence-corrected chi connectivity index (χ2v) is 6.80. The minimum Gasteiger partial charge on any atom is -0.322 e. The Balaban J connectivity index is 1.66. The molecule has 0 spiro atoms. The SMILES string of the molecule is CC(C)c1cccc(NC(=O)c2ccc(CN3C(=O)CCC3=O)cc2)c1. The summed E-state index contributed by atoms with van der Waals surface area (Å²) in [6.07, 6.45) is 0.573. The zero-order valence-electron chi connectivity index (χ0n) is 15.0. The average Bonchev–Trinajstić information content (AvgIpc) is 2.94. The molecule has 1 aliphatic rings. The zero-order valence-corrected chi connectivity index (χ0v) is 15.0. The lowest BCUT2D eigenvalue weighted by molar-refractivity contribution is -0.139. The number of likely N-dealkylation sites (tertiary alicyclic amines) is 1. The van der Waals surface area contributed by atoms with E-state index in [-0.39, 0.29) is 37.1 Å². The lowest BCUT2D eigenvalue weighted by Gasteiger charge is -2.14. The molecular weight excluding hydrogens is 328 g/mol. The van der Waals surface area contributed by atoms with Gasteiger partial charge in [-0.3, -0.25) is 19.3 Å². The highest BCUT2D eigenvalue weighted by atomic mass is 16.2. The van der Waals surface area contributed by atoms with Gasteiger partial charge in [0.15, 0.2) is 0 Å². The Hall–Kier alpha value is -2.95. The van der Waals surface area contributed by atoms with Crippen LogP contribution in [0.15, 0.2) is 48.5 Å². The van der Waals surface area contributed by atoms with Gasteiger partial charge < -0.3 is 5.32 Å². The van der Waals surface area contributed by atoms with Gasteiger partial charge in [0.25, 0.3) is 5.91 Å². The summed E-state index contributed by atoms with van der Waals surface area (Å²) in [6.45, 7) is 4.47. The van der Waals surface area contributed by atoms with Crippen LogP contribution in [-0.4, -0.2) is 22.6 Å². The smallest absolute Gasteiger partial charge is 0.255 e. The summed E-state index contributed by atoms with van der Waals surface area (Å²) < 4.78 is 0. The third kappa shape index (κ3) is 3.99. The number of hydrogen-bond donors (Lipinski definition) is 1. The molecular formula is C21H22N2O3. The van der Waals surface area contributed by atoms with E-state index in [4.69, 9.17) is 0 Å². The van der Waals surface area contributed by atoms with Crippen LogP contribution in [0.3, 0.4) is 0 Å². The van der Waals surface area contributed by atoms with Gasteiger partial charge in [-0.15, -0.1) is 0 Å². The fraction of sp³-hybridized carbons (Fsp3) is 0.286. The van der Waals surface area contributed by atoms with E-state index in [2.05, 4.69) is 19.2 Å². The summed E-state index contributed by atoms with van der Waals surface area (Å²) in [4.78, 5) is 37.1. The highest BCUT2D eigenvalue weighted by molar-refractivity contribution is 6.04. The summed E-state index contributed by atoms with van der Waals surface area (Å²) in [7, 11) is 0. The lowest BCUT2D eigenvalue weighted by atomic mass is 10.0. The van der Waals surface area contributed by atoms with Crippen molar-refractivity contribution >= 4 is 23.4 Å². The molecule has 5 heteroatoms. The minimum atomic E-state index is -0.189. The molecule has 0 atom stereocenters. The molecule has 1 aliphatic heterocycles. The van der Waals surface area contributed by atoms with Gasteiger partial charge in [0.2, 0.25) is 11.8 Å². The van der Waals surface area contributed by atoms with E-state index >= 15 is 0 Å². The molecule has 0 unspecified atom stereocenters. The third-order valence-corrected chi connectivity index (χ3v) is 4.52. The molecule has 1 saturated heterocycles. The van der Waals surface area contributed by atoms with Crippen LogP contribution in [0.2, 0.25) is 0 Å². The summed E-state index contributed by atoms with van der Waals surface area (Å²) in [6, 6.07) is 14.8. The standard InChI is InChI=1S/C21H22N2O3/c1-14(2)17-4-3-5-18(12-17)22-21(26)16-8-6-15(7-9-16)13-23-19(24)10-11-20(23)25/h3-9,12,14H,10-11,13H2,1-2H3,(H,22,26). The number of amides is 3. The molecule has 0 aromatic heterocycles. The normalized spacial score (nSPS) is 14.2. The number of anilines is 1. The first-order valence-corrected chi connectivity index (χ1v) is 8.77. The van der Waals surface area contributed by atoms with E-state index in [0.717, 1.165) is 16.8 Å². The summed E-state index contributed by atoms with van der Waals surface area (Å²) >= 11 is 0. The van der Waals surface area contributed by atoms with E-state index < -0.39 is 0 Å². The van der Waals surface area contributed by atoms with Crippen LogP contribution in [0.1, 0.15) is 54.1 Å². The Morgan fingerprint density at radius 3 is 2.31 bits per heavy atom. The van der Waals surface area contributed by atoms with Gasteiger partial charge in [0.05, 0.1) is 6.54 Å². The van der Waals surface area contributed by atoms with Crippen molar-refractivity contribution < 1.29 is 14.4 Å². The van der Waals surface area contributed by atoms with Crippen LogP contribution in [0.25, 0.3) is 0 Å². The minimum absolute atomic E-state index is 0.137. The molecule has 134 valence electrons. The Kier molecular flexibility index (Phi) is 5.16. The van der Waals surface area contributed by atoms with Crippen molar-refractivity contribution in [3.8, 4) is 0 Å². The van der Waals surface area contributed by atoms with Gasteiger partial charge in [-0.05, 0) is 41.3 Å². The number of carbonyl (C=O) groups excluding carboxylic acids is 3. The van der Waals surface area contributed by atoms with Gasteiger partial charge in [0, 0.05) is 24.1 Å². The predicted molar refractivity (Wildman–Crippen MR) is 99.7 cm³/mol. The molecule has 3 rings (SSSR count). The van der Waals surface area contributed by atoms with Gasteiger partial charge in [-0.2, -0.15) is 0 Å². The molecule has 0 radical (unpaired) electrons. The largest absolute Gasteiger partial charge is 0.322 e. The first-order valence-electron chi connectivity index (χ1n) is 8.77. The Labute approximate surface area is 153 Å². The van der Waals surface area contributed by atoms with Crippen LogP contribution in [0.4, 0.5) is 5.69 Å². The molecule has 1 N–H and O–H groups in total. The van der Waals surface area contributed by atoms with Crippen LogP contribution in [0, 0.1) is 0 Å². The van der Waals surface area contributed by atoms with E-state index in [0.29, 0.717) is 11.5 Å². The molecule has 5 nitrogen and oxygen atoms in total. The van der Waals surface area contributed by atoms with Crippen LogP contribution in [0.5, 0.6) is 0 Å². The molecule has 1 heterocycles. The molecule has 0 saturated carbocycles. The highest BCUT2D eigenvalue weighted by Gasteiger charge is 2.28. The number of imide groups is 1. The second kappa shape index (κ2) is 7.52. The van der Waals surface area contributed by atoms with Crippen molar-refractivity contribution in [1.29, 1.82) is 0 Å². The monoisotopic (exact) mass is 350 g/mol. The Morgan fingerprint density at radius 1 is 1.04 bits per heavy atom. The van der Waals surface area contributed by atoms with Crippen molar-refractivity contribution in [2.24, 2.45) is 0 Å². The van der Waals surface area contributed by atoms with Gasteiger partial charge >= 0.3 is 0 Å². The number of rotatable bonds is 5. The highest BCUT2D eigenvalue weighted by Crippen LogP contribution is 2.20. The van der Waals surface area contributed by atoms with Crippen molar-refractivity contribution in [3.63, 3.8) is 0 Å². The van der Waals surface area contributed by atoms with Crippen LogP contribution < -0.4 is 5.32 Å². The molecule has 0 bridgehead atoms. The molecule has 2 aromatic carbocycles. The van der Waals surface area contributed by atoms with Gasteiger partial charge in [-0.25, -0.2) is 0 Å². The first kappa shape index (κ1) is 17.9. The van der Waals surface area contributed by atoms with E-state index in [1.807, 2.05) is 24.3 Å². The number of carbonyl (C=O) groups is 3. The van der Waals surface area contributed by atoms with E-state index in [9.17, 15) is 14.4 Å².